The Bertz CT molecular complexity index is 931. The van der Waals surface area contributed by atoms with Gasteiger partial charge in [0.1, 0.15) is 0 Å². The Balaban J connectivity index is 1.34. The quantitative estimate of drug-likeness (QED) is 0.748. The summed E-state index contributed by atoms with van der Waals surface area (Å²) in [5.74, 6) is 1.34. The number of hydrogen-bond acceptors (Lipinski definition) is 5. The highest BCUT2D eigenvalue weighted by atomic mass is 16.5. The maximum Gasteiger partial charge on any atom is 0.257 e. The average molecular weight is 412 g/mol. The van der Waals surface area contributed by atoms with Crippen LogP contribution < -0.4 is 9.47 Å². The molecule has 30 heavy (non-hydrogen) atoms. The van der Waals surface area contributed by atoms with E-state index in [9.17, 15) is 9.59 Å². The monoisotopic (exact) mass is 412 g/mol. The summed E-state index contributed by atoms with van der Waals surface area (Å²) in [6.07, 6.45) is 5.13. The second-order valence-electron chi connectivity index (χ2n) is 7.72. The van der Waals surface area contributed by atoms with Gasteiger partial charge in [0.25, 0.3) is 5.91 Å². The molecule has 2 aliphatic heterocycles. The molecule has 0 bridgehead atoms. The number of aromatic nitrogens is 2. The minimum atomic E-state index is 0.0325. The zero-order chi connectivity index (χ0) is 21.1. The van der Waals surface area contributed by atoms with Gasteiger partial charge >= 0.3 is 0 Å². The van der Waals surface area contributed by atoms with Crippen LogP contribution in [0, 0.1) is 0 Å². The van der Waals surface area contributed by atoms with Gasteiger partial charge in [-0.05, 0) is 37.0 Å². The lowest BCUT2D eigenvalue weighted by Crippen LogP contribution is -2.51. The lowest BCUT2D eigenvalue weighted by Gasteiger charge is -2.35. The number of piperazine rings is 1. The largest absolute Gasteiger partial charge is 0.493 e. The van der Waals surface area contributed by atoms with Crippen molar-refractivity contribution in [3.8, 4) is 11.5 Å². The number of rotatable bonds is 5. The number of nitrogens with zero attached hydrogens (tertiary/aromatic N) is 4. The summed E-state index contributed by atoms with van der Waals surface area (Å²) in [7, 11) is 3.17. The van der Waals surface area contributed by atoms with Crippen molar-refractivity contribution in [3.63, 3.8) is 0 Å². The zero-order valence-electron chi connectivity index (χ0n) is 17.6. The molecule has 8 heteroatoms. The first-order valence-electron chi connectivity index (χ1n) is 10.4. The fraction of sp³-hybridized carbons (Fsp3) is 0.500. The van der Waals surface area contributed by atoms with Crippen LogP contribution in [0.3, 0.4) is 0 Å². The molecule has 1 saturated heterocycles. The molecular weight excluding hydrogens is 384 g/mol. The first kappa shape index (κ1) is 20.3. The molecule has 0 atom stereocenters. The van der Waals surface area contributed by atoms with E-state index in [-0.39, 0.29) is 11.8 Å². The number of amides is 2. The number of carbonyl (C=O) groups is 2. The minimum absolute atomic E-state index is 0.0325. The maximum absolute atomic E-state index is 13.0. The summed E-state index contributed by atoms with van der Waals surface area (Å²) in [4.78, 5) is 29.4. The third kappa shape index (κ3) is 3.99. The first-order valence-corrected chi connectivity index (χ1v) is 10.4. The first-order chi connectivity index (χ1) is 14.6. The Morgan fingerprint density at radius 1 is 0.967 bits per heavy atom. The van der Waals surface area contributed by atoms with Crippen LogP contribution in [0.1, 0.15) is 34.5 Å². The summed E-state index contributed by atoms with van der Waals surface area (Å²) in [5, 5.41) is 4.37. The molecule has 0 unspecified atom stereocenters. The molecule has 0 spiro atoms. The number of benzene rings is 1. The molecule has 2 aromatic rings. The van der Waals surface area contributed by atoms with Crippen LogP contribution in [0.4, 0.5) is 0 Å². The SMILES string of the molecule is COc1ccc(CC(=O)N2CCN(C(=O)c3cnn4c3CCCC4)CC2)cc1OC. The molecule has 2 aliphatic rings. The summed E-state index contributed by atoms with van der Waals surface area (Å²) in [5.41, 5.74) is 2.65. The van der Waals surface area contributed by atoms with Crippen molar-refractivity contribution in [2.24, 2.45) is 0 Å². The van der Waals surface area contributed by atoms with Crippen molar-refractivity contribution in [1.29, 1.82) is 0 Å². The fourth-order valence-corrected chi connectivity index (χ4v) is 4.21. The lowest BCUT2D eigenvalue weighted by molar-refractivity contribution is -0.131. The number of ether oxygens (including phenoxy) is 2. The van der Waals surface area contributed by atoms with Crippen LogP contribution in [0.5, 0.6) is 11.5 Å². The van der Waals surface area contributed by atoms with Crippen molar-refractivity contribution < 1.29 is 19.1 Å². The molecule has 0 saturated carbocycles. The Kier molecular flexibility index (Phi) is 5.92. The third-order valence-corrected chi connectivity index (χ3v) is 5.94. The van der Waals surface area contributed by atoms with Crippen molar-refractivity contribution in [2.45, 2.75) is 32.2 Å². The molecule has 1 fully saturated rings. The number of methoxy groups -OCH3 is 2. The van der Waals surface area contributed by atoms with E-state index in [1.54, 1.807) is 20.4 Å². The van der Waals surface area contributed by atoms with Gasteiger partial charge in [0.05, 0.1) is 38.1 Å². The normalized spacial score (nSPS) is 16.2. The molecule has 160 valence electrons. The van der Waals surface area contributed by atoms with Crippen molar-refractivity contribution in [2.75, 3.05) is 40.4 Å². The Labute approximate surface area is 176 Å². The molecule has 4 rings (SSSR count). The van der Waals surface area contributed by atoms with E-state index in [2.05, 4.69) is 5.10 Å². The molecule has 0 radical (unpaired) electrons. The standard InChI is InChI=1S/C22H28N4O4/c1-29-19-7-6-16(13-20(19)30-2)14-21(27)24-9-11-25(12-10-24)22(28)17-15-23-26-8-4-3-5-18(17)26/h6-7,13,15H,3-5,8-12,14H2,1-2H3. The molecule has 3 heterocycles. The van der Waals surface area contributed by atoms with E-state index in [0.717, 1.165) is 42.6 Å². The summed E-state index contributed by atoms with van der Waals surface area (Å²) in [6, 6.07) is 5.52. The van der Waals surface area contributed by atoms with Crippen LogP contribution >= 0.6 is 0 Å². The highest BCUT2D eigenvalue weighted by molar-refractivity contribution is 5.95. The molecule has 1 aromatic heterocycles. The Hall–Kier alpha value is -3.03. The van der Waals surface area contributed by atoms with E-state index < -0.39 is 0 Å². The van der Waals surface area contributed by atoms with Gasteiger partial charge in [0.2, 0.25) is 5.91 Å². The molecule has 0 N–H and O–H groups in total. The van der Waals surface area contributed by atoms with Crippen molar-refractivity contribution >= 4 is 11.8 Å². The second-order valence-corrected chi connectivity index (χ2v) is 7.72. The number of fused-ring (bicyclic) bond motifs is 1. The smallest absolute Gasteiger partial charge is 0.257 e. The summed E-state index contributed by atoms with van der Waals surface area (Å²) >= 11 is 0. The minimum Gasteiger partial charge on any atom is -0.493 e. The van der Waals surface area contributed by atoms with Crippen molar-refractivity contribution in [3.05, 3.63) is 41.2 Å². The Morgan fingerprint density at radius 3 is 2.43 bits per heavy atom. The molecule has 1 aromatic carbocycles. The van der Waals surface area contributed by atoms with E-state index in [0.29, 0.717) is 44.1 Å². The van der Waals surface area contributed by atoms with E-state index in [1.165, 1.54) is 0 Å². The zero-order valence-corrected chi connectivity index (χ0v) is 17.6. The predicted octanol–water partition coefficient (Wildman–Crippen LogP) is 1.76. The van der Waals surface area contributed by atoms with Gasteiger partial charge in [0, 0.05) is 32.7 Å². The number of carbonyl (C=O) groups excluding carboxylic acids is 2. The predicted molar refractivity (Wildman–Crippen MR) is 111 cm³/mol. The lowest BCUT2D eigenvalue weighted by atomic mass is 10.1. The fourth-order valence-electron chi connectivity index (χ4n) is 4.21. The second kappa shape index (κ2) is 8.77. The molecule has 2 amide bonds. The molecule has 8 nitrogen and oxygen atoms in total. The summed E-state index contributed by atoms with van der Waals surface area (Å²) in [6.45, 7) is 3.06. The van der Waals surface area contributed by atoms with Gasteiger partial charge in [0.15, 0.2) is 11.5 Å². The van der Waals surface area contributed by atoms with Gasteiger partial charge in [-0.2, -0.15) is 5.10 Å². The van der Waals surface area contributed by atoms with Crippen LogP contribution in [-0.2, 0) is 24.2 Å². The van der Waals surface area contributed by atoms with Gasteiger partial charge in [-0.25, -0.2) is 0 Å². The molecule has 0 aliphatic carbocycles. The number of aryl methyl sites for hydroxylation is 1. The van der Waals surface area contributed by atoms with E-state index in [4.69, 9.17) is 9.47 Å². The van der Waals surface area contributed by atoms with Crippen LogP contribution in [0.15, 0.2) is 24.4 Å². The van der Waals surface area contributed by atoms with Crippen molar-refractivity contribution in [1.82, 2.24) is 19.6 Å². The highest BCUT2D eigenvalue weighted by Crippen LogP contribution is 2.28. The topological polar surface area (TPSA) is 76.9 Å². The summed E-state index contributed by atoms with van der Waals surface area (Å²) < 4.78 is 12.5. The average Bonchev–Trinajstić information content (AvgIpc) is 3.22. The number of hydrogen-bond donors (Lipinski definition) is 0. The van der Waals surface area contributed by atoms with Crippen LogP contribution in [0.25, 0.3) is 0 Å². The van der Waals surface area contributed by atoms with Gasteiger partial charge in [-0.1, -0.05) is 6.07 Å². The van der Waals surface area contributed by atoms with Gasteiger partial charge < -0.3 is 19.3 Å². The van der Waals surface area contributed by atoms with E-state index in [1.807, 2.05) is 32.7 Å². The third-order valence-electron chi connectivity index (χ3n) is 5.94. The van der Waals surface area contributed by atoms with Gasteiger partial charge in [-0.3, -0.25) is 14.3 Å². The maximum atomic E-state index is 13.0. The van der Waals surface area contributed by atoms with E-state index >= 15 is 0 Å². The molecular formula is C22H28N4O4. The van der Waals surface area contributed by atoms with Crippen LogP contribution in [-0.4, -0.2) is 71.8 Å². The van der Waals surface area contributed by atoms with Crippen LogP contribution in [0.2, 0.25) is 0 Å². The highest BCUT2D eigenvalue weighted by Gasteiger charge is 2.28. The Morgan fingerprint density at radius 2 is 1.70 bits per heavy atom. The van der Waals surface area contributed by atoms with Gasteiger partial charge in [-0.15, -0.1) is 0 Å².